The van der Waals surface area contributed by atoms with Crippen LogP contribution >= 0.6 is 0 Å². The quantitative estimate of drug-likeness (QED) is 0.871. The molecule has 1 aromatic rings. The van der Waals surface area contributed by atoms with Gasteiger partial charge in [0.05, 0.1) is 11.7 Å². The van der Waals surface area contributed by atoms with E-state index in [0.29, 0.717) is 12.1 Å². The number of nitrogens with zero attached hydrogens (tertiary/aromatic N) is 1. The van der Waals surface area contributed by atoms with Gasteiger partial charge < -0.3 is 15.1 Å². The molecule has 1 heterocycles. The van der Waals surface area contributed by atoms with Crippen molar-refractivity contribution in [1.29, 1.82) is 0 Å². The number of alkyl halides is 3. The normalized spacial score (nSPS) is 20.4. The van der Waals surface area contributed by atoms with Crippen LogP contribution in [0.5, 0.6) is 0 Å². The molecule has 0 saturated carbocycles. The van der Waals surface area contributed by atoms with E-state index in [1.165, 1.54) is 12.1 Å². The van der Waals surface area contributed by atoms with E-state index < -0.39 is 17.8 Å². The zero-order valence-corrected chi connectivity index (χ0v) is 13.3. The fourth-order valence-electron chi connectivity index (χ4n) is 3.08. The van der Waals surface area contributed by atoms with Gasteiger partial charge in [0.25, 0.3) is 0 Å². The molecule has 3 nitrogen and oxygen atoms in total. The van der Waals surface area contributed by atoms with Crippen molar-refractivity contribution < 1.29 is 23.4 Å². The molecule has 2 rings (SSSR count). The van der Waals surface area contributed by atoms with Gasteiger partial charge in [-0.15, -0.1) is 0 Å². The Kier molecular flexibility index (Phi) is 5.70. The zero-order valence-electron chi connectivity index (χ0n) is 13.3. The number of β-amino-alcohol motifs (C(OH)–C–C–N with tert-alkyl or cyclic N) is 1. The lowest BCUT2D eigenvalue weighted by molar-refractivity contribution is -0.137. The number of aliphatic hydroxyl groups excluding tert-OH is 2. The topological polar surface area (TPSA) is 43.7 Å². The lowest BCUT2D eigenvalue weighted by Crippen LogP contribution is -2.43. The van der Waals surface area contributed by atoms with Gasteiger partial charge in [-0.25, -0.2) is 0 Å². The van der Waals surface area contributed by atoms with Gasteiger partial charge in [-0.3, -0.25) is 0 Å². The second-order valence-corrected chi connectivity index (χ2v) is 6.45. The number of aliphatic hydroxyl groups is 2. The Hall–Kier alpha value is -1.11. The fraction of sp³-hybridized carbons (Fsp3) is 0.647. The average molecular weight is 331 g/mol. The first-order chi connectivity index (χ1) is 10.8. The first-order valence-electron chi connectivity index (χ1n) is 7.98. The Morgan fingerprint density at radius 3 is 2.17 bits per heavy atom. The van der Waals surface area contributed by atoms with Crippen molar-refractivity contribution in [3.8, 4) is 0 Å². The van der Waals surface area contributed by atoms with E-state index in [2.05, 4.69) is 11.8 Å². The van der Waals surface area contributed by atoms with Crippen LogP contribution in [-0.2, 0) is 6.18 Å². The summed E-state index contributed by atoms with van der Waals surface area (Å²) >= 11 is 0. The third-order valence-electron chi connectivity index (χ3n) is 5.06. The molecule has 1 aliphatic heterocycles. The molecule has 0 amide bonds. The SMILES string of the molecule is CCC1(CO)CCN(C[C@@H](O)c2ccc(C(F)(F)F)cc2)CC1. The minimum Gasteiger partial charge on any atom is -0.396 e. The van der Waals surface area contributed by atoms with Crippen molar-refractivity contribution in [3.05, 3.63) is 35.4 Å². The van der Waals surface area contributed by atoms with Crippen LogP contribution in [0.15, 0.2) is 24.3 Å². The second-order valence-electron chi connectivity index (χ2n) is 6.45. The predicted octanol–water partition coefficient (Wildman–Crippen LogP) is 3.22. The molecule has 0 aliphatic carbocycles. The van der Waals surface area contributed by atoms with Crippen LogP contribution in [0, 0.1) is 5.41 Å². The monoisotopic (exact) mass is 331 g/mol. The average Bonchev–Trinajstić information content (AvgIpc) is 2.55. The lowest BCUT2D eigenvalue weighted by Gasteiger charge is -2.40. The molecule has 0 aromatic heterocycles. The number of benzene rings is 1. The van der Waals surface area contributed by atoms with E-state index in [0.717, 1.165) is 44.5 Å². The van der Waals surface area contributed by atoms with Gasteiger partial charge in [0.2, 0.25) is 0 Å². The van der Waals surface area contributed by atoms with Gasteiger partial charge in [-0.1, -0.05) is 19.1 Å². The smallest absolute Gasteiger partial charge is 0.396 e. The highest BCUT2D eigenvalue weighted by Crippen LogP contribution is 2.35. The molecular weight excluding hydrogens is 307 g/mol. The van der Waals surface area contributed by atoms with Crippen LogP contribution < -0.4 is 0 Å². The second kappa shape index (κ2) is 7.20. The molecule has 23 heavy (non-hydrogen) atoms. The third-order valence-corrected chi connectivity index (χ3v) is 5.06. The zero-order chi connectivity index (χ0) is 17.1. The van der Waals surface area contributed by atoms with Crippen LogP contribution in [0.1, 0.15) is 43.4 Å². The highest BCUT2D eigenvalue weighted by molar-refractivity contribution is 5.26. The molecule has 0 radical (unpaired) electrons. The van der Waals surface area contributed by atoms with Crippen molar-refractivity contribution >= 4 is 0 Å². The molecule has 0 bridgehead atoms. The molecule has 0 spiro atoms. The van der Waals surface area contributed by atoms with Crippen LogP contribution in [0.2, 0.25) is 0 Å². The summed E-state index contributed by atoms with van der Waals surface area (Å²) in [4.78, 5) is 2.10. The van der Waals surface area contributed by atoms with Crippen LogP contribution in [0.4, 0.5) is 13.2 Å². The van der Waals surface area contributed by atoms with E-state index in [4.69, 9.17) is 0 Å². The minimum absolute atomic E-state index is 0.0180. The number of rotatable bonds is 5. The molecule has 130 valence electrons. The van der Waals surface area contributed by atoms with Crippen molar-refractivity contribution in [1.82, 2.24) is 4.90 Å². The number of hydrogen-bond donors (Lipinski definition) is 2. The van der Waals surface area contributed by atoms with Crippen molar-refractivity contribution in [2.24, 2.45) is 5.41 Å². The molecule has 1 aromatic carbocycles. The first kappa shape index (κ1) is 18.2. The Bertz CT molecular complexity index is 488. The summed E-state index contributed by atoms with van der Waals surface area (Å²) in [7, 11) is 0. The van der Waals surface area contributed by atoms with Crippen LogP contribution in [0.25, 0.3) is 0 Å². The summed E-state index contributed by atoms with van der Waals surface area (Å²) in [6.07, 6.45) is -2.48. The summed E-state index contributed by atoms with van der Waals surface area (Å²) in [5.74, 6) is 0. The number of hydrogen-bond acceptors (Lipinski definition) is 3. The fourth-order valence-corrected chi connectivity index (χ4v) is 3.08. The molecule has 1 atom stereocenters. The summed E-state index contributed by atoms with van der Waals surface area (Å²) < 4.78 is 37.6. The van der Waals surface area contributed by atoms with E-state index in [1.54, 1.807) is 0 Å². The summed E-state index contributed by atoms with van der Waals surface area (Å²) in [6.45, 7) is 4.22. The van der Waals surface area contributed by atoms with Crippen molar-refractivity contribution in [3.63, 3.8) is 0 Å². The Labute approximate surface area is 134 Å². The molecule has 0 unspecified atom stereocenters. The highest BCUT2D eigenvalue weighted by Gasteiger charge is 2.33. The molecule has 2 N–H and O–H groups in total. The van der Waals surface area contributed by atoms with Crippen molar-refractivity contribution in [2.75, 3.05) is 26.2 Å². The number of piperidine rings is 1. The summed E-state index contributed by atoms with van der Waals surface area (Å²) in [6, 6.07) is 4.67. The molecule has 6 heteroatoms. The molecule has 1 aliphatic rings. The van der Waals surface area contributed by atoms with Gasteiger partial charge in [0.1, 0.15) is 0 Å². The summed E-state index contributed by atoms with van der Waals surface area (Å²) in [5.41, 5.74) is -0.231. The first-order valence-corrected chi connectivity index (χ1v) is 7.98. The van der Waals surface area contributed by atoms with E-state index in [1.807, 2.05) is 0 Å². The van der Waals surface area contributed by atoms with E-state index in [-0.39, 0.29) is 12.0 Å². The van der Waals surface area contributed by atoms with Crippen molar-refractivity contribution in [2.45, 2.75) is 38.5 Å². The maximum absolute atomic E-state index is 12.5. The van der Waals surface area contributed by atoms with E-state index in [9.17, 15) is 23.4 Å². The third kappa shape index (κ3) is 4.46. The van der Waals surface area contributed by atoms with Gasteiger partial charge in [0, 0.05) is 13.2 Å². The molecular formula is C17H24F3NO2. The van der Waals surface area contributed by atoms with Gasteiger partial charge >= 0.3 is 6.18 Å². The molecule has 1 fully saturated rings. The maximum Gasteiger partial charge on any atom is 0.416 e. The Morgan fingerprint density at radius 2 is 1.74 bits per heavy atom. The maximum atomic E-state index is 12.5. The number of likely N-dealkylation sites (tertiary alicyclic amines) is 1. The van der Waals surface area contributed by atoms with Gasteiger partial charge in [0.15, 0.2) is 0 Å². The highest BCUT2D eigenvalue weighted by atomic mass is 19.4. The largest absolute Gasteiger partial charge is 0.416 e. The standard InChI is InChI=1S/C17H24F3NO2/c1-2-16(12-22)7-9-21(10-8-16)11-15(23)13-3-5-14(6-4-13)17(18,19)20/h3-6,15,22-23H,2,7-12H2,1H3/t15-/m1/s1. The Morgan fingerprint density at radius 1 is 1.17 bits per heavy atom. The lowest BCUT2D eigenvalue weighted by atomic mass is 9.77. The number of halogens is 3. The summed E-state index contributed by atoms with van der Waals surface area (Å²) in [5, 5.41) is 19.8. The van der Waals surface area contributed by atoms with Crippen LogP contribution in [0.3, 0.4) is 0 Å². The van der Waals surface area contributed by atoms with Gasteiger partial charge in [-0.05, 0) is 55.5 Å². The van der Waals surface area contributed by atoms with Gasteiger partial charge in [-0.2, -0.15) is 13.2 Å². The predicted molar refractivity (Wildman–Crippen MR) is 81.9 cm³/mol. The molecule has 1 saturated heterocycles. The Balaban J connectivity index is 1.91. The van der Waals surface area contributed by atoms with Crippen LogP contribution in [-0.4, -0.2) is 41.4 Å². The minimum atomic E-state index is -4.36. The van der Waals surface area contributed by atoms with E-state index >= 15 is 0 Å².